The molecule has 1 aliphatic rings. The molecule has 0 aromatic heterocycles. The first-order chi connectivity index (χ1) is 8.72. The summed E-state index contributed by atoms with van der Waals surface area (Å²) in [5.41, 5.74) is 2.80. The molecule has 1 aromatic rings. The lowest BCUT2D eigenvalue weighted by molar-refractivity contribution is 0.0537. The van der Waals surface area contributed by atoms with Crippen LogP contribution in [-0.4, -0.2) is 19.8 Å². The highest BCUT2D eigenvalue weighted by Gasteiger charge is 2.25. The van der Waals surface area contributed by atoms with Crippen LogP contribution in [0, 0.1) is 12.8 Å². The summed E-state index contributed by atoms with van der Waals surface area (Å²) in [5.74, 6) is 0.687. The summed E-state index contributed by atoms with van der Waals surface area (Å²) in [6.45, 7) is 7.19. The summed E-state index contributed by atoms with van der Waals surface area (Å²) in [6.07, 6.45) is 2.31. The van der Waals surface area contributed by atoms with Crippen molar-refractivity contribution in [2.45, 2.75) is 32.7 Å². The molecule has 0 bridgehead atoms. The van der Waals surface area contributed by atoms with Gasteiger partial charge in [0.05, 0.1) is 0 Å². The Morgan fingerprint density at radius 3 is 2.78 bits per heavy atom. The maximum absolute atomic E-state index is 5.48. The van der Waals surface area contributed by atoms with Gasteiger partial charge in [-0.2, -0.15) is 0 Å². The topological polar surface area (TPSA) is 21.3 Å². The molecule has 3 heteroatoms. The van der Waals surface area contributed by atoms with Gasteiger partial charge >= 0.3 is 0 Å². The van der Waals surface area contributed by atoms with E-state index in [4.69, 9.17) is 4.74 Å². The summed E-state index contributed by atoms with van der Waals surface area (Å²) in [5, 5.41) is 3.66. The molecule has 1 aliphatic heterocycles. The average Bonchev–Trinajstić information content (AvgIpc) is 2.40. The van der Waals surface area contributed by atoms with Crippen molar-refractivity contribution < 1.29 is 4.74 Å². The van der Waals surface area contributed by atoms with E-state index >= 15 is 0 Å². The van der Waals surface area contributed by atoms with Gasteiger partial charge in [-0.15, -0.1) is 0 Å². The van der Waals surface area contributed by atoms with Gasteiger partial charge in [0.1, 0.15) is 0 Å². The smallest absolute Gasteiger partial charge is 0.0469 e. The molecular formula is C15H22BrNO. The molecule has 0 radical (unpaired) electrons. The Bertz CT molecular complexity index is 388. The van der Waals surface area contributed by atoms with Crippen LogP contribution in [0.4, 0.5) is 0 Å². The van der Waals surface area contributed by atoms with Crippen molar-refractivity contribution in [1.82, 2.24) is 5.32 Å². The minimum Gasteiger partial charge on any atom is -0.381 e. The van der Waals surface area contributed by atoms with E-state index in [0.717, 1.165) is 37.1 Å². The molecule has 1 saturated heterocycles. The quantitative estimate of drug-likeness (QED) is 0.912. The molecule has 18 heavy (non-hydrogen) atoms. The summed E-state index contributed by atoms with van der Waals surface area (Å²) in [4.78, 5) is 0. The predicted octanol–water partition coefficient (Wildman–Crippen LogP) is 3.83. The van der Waals surface area contributed by atoms with E-state index in [1.165, 1.54) is 11.1 Å². The fourth-order valence-corrected chi connectivity index (χ4v) is 3.12. The van der Waals surface area contributed by atoms with Gasteiger partial charge in [0, 0.05) is 23.7 Å². The van der Waals surface area contributed by atoms with Crippen LogP contribution >= 0.6 is 15.9 Å². The van der Waals surface area contributed by atoms with Crippen molar-refractivity contribution in [2.75, 3.05) is 19.8 Å². The average molecular weight is 312 g/mol. The Hall–Kier alpha value is -0.380. The van der Waals surface area contributed by atoms with Crippen LogP contribution < -0.4 is 5.32 Å². The molecule has 1 heterocycles. The normalized spacial score (nSPS) is 18.8. The third kappa shape index (κ3) is 3.34. The molecule has 0 spiro atoms. The van der Waals surface area contributed by atoms with Crippen molar-refractivity contribution in [1.29, 1.82) is 0 Å². The number of hydrogen-bond acceptors (Lipinski definition) is 2. The Labute approximate surface area is 118 Å². The second-order valence-corrected chi connectivity index (χ2v) is 5.90. The van der Waals surface area contributed by atoms with Crippen molar-refractivity contribution in [3.8, 4) is 0 Å². The fraction of sp³-hybridized carbons (Fsp3) is 0.600. The fourth-order valence-electron chi connectivity index (χ4n) is 2.75. The monoisotopic (exact) mass is 311 g/mol. The Morgan fingerprint density at radius 2 is 2.11 bits per heavy atom. The zero-order valence-corrected chi connectivity index (χ0v) is 12.8. The van der Waals surface area contributed by atoms with Crippen molar-refractivity contribution in [2.24, 2.45) is 5.92 Å². The minimum absolute atomic E-state index is 0.455. The molecule has 0 aliphatic carbocycles. The lowest BCUT2D eigenvalue weighted by Crippen LogP contribution is -2.32. The molecule has 2 nitrogen and oxygen atoms in total. The first-order valence-electron chi connectivity index (χ1n) is 6.79. The van der Waals surface area contributed by atoms with Crippen LogP contribution in [0.1, 0.15) is 36.9 Å². The largest absolute Gasteiger partial charge is 0.381 e. The minimum atomic E-state index is 0.455. The number of hydrogen-bond donors (Lipinski definition) is 1. The van der Waals surface area contributed by atoms with Crippen LogP contribution in [0.3, 0.4) is 0 Å². The highest BCUT2D eigenvalue weighted by atomic mass is 79.9. The Kier molecular flexibility index (Phi) is 5.22. The summed E-state index contributed by atoms with van der Waals surface area (Å²) in [7, 11) is 0. The summed E-state index contributed by atoms with van der Waals surface area (Å²) in [6, 6.07) is 7.03. The van der Waals surface area contributed by atoms with E-state index < -0.39 is 0 Å². The van der Waals surface area contributed by atoms with Gasteiger partial charge < -0.3 is 10.1 Å². The third-order valence-corrected chi connectivity index (χ3v) is 4.23. The van der Waals surface area contributed by atoms with Gasteiger partial charge in [-0.25, -0.2) is 0 Å². The molecule has 1 N–H and O–H groups in total. The first kappa shape index (κ1) is 14.0. The van der Waals surface area contributed by atoms with Crippen LogP contribution in [-0.2, 0) is 4.74 Å². The van der Waals surface area contributed by atoms with Crippen LogP contribution in [0.5, 0.6) is 0 Å². The van der Waals surface area contributed by atoms with Gasteiger partial charge in [-0.1, -0.05) is 28.9 Å². The zero-order valence-electron chi connectivity index (χ0n) is 11.2. The van der Waals surface area contributed by atoms with E-state index in [9.17, 15) is 0 Å². The second-order valence-electron chi connectivity index (χ2n) is 4.99. The lowest BCUT2D eigenvalue weighted by Gasteiger charge is -2.32. The Balaban J connectivity index is 2.24. The molecule has 1 fully saturated rings. The highest BCUT2D eigenvalue weighted by molar-refractivity contribution is 9.10. The molecule has 0 amide bonds. The second kappa shape index (κ2) is 6.69. The number of ether oxygens (including phenoxy) is 1. The van der Waals surface area contributed by atoms with E-state index in [2.05, 4.69) is 53.3 Å². The number of halogens is 1. The molecule has 2 rings (SSSR count). The standard InChI is InChI=1S/C15H22BrNO/c1-3-17-15(12-6-8-18-9-7-12)14-10-13(16)5-4-11(14)2/h4-5,10,12,15,17H,3,6-9H2,1-2H3. The van der Waals surface area contributed by atoms with Gasteiger partial charge in [-0.05, 0) is 55.5 Å². The summed E-state index contributed by atoms with van der Waals surface area (Å²) >= 11 is 3.59. The molecular weight excluding hydrogens is 290 g/mol. The molecule has 100 valence electrons. The molecule has 1 unspecified atom stereocenters. The van der Waals surface area contributed by atoms with Crippen molar-refractivity contribution >= 4 is 15.9 Å². The molecule has 1 aromatic carbocycles. The van der Waals surface area contributed by atoms with Gasteiger partial charge in [0.25, 0.3) is 0 Å². The number of nitrogens with one attached hydrogen (secondary N) is 1. The first-order valence-corrected chi connectivity index (χ1v) is 7.59. The van der Waals surface area contributed by atoms with Crippen molar-refractivity contribution in [3.05, 3.63) is 33.8 Å². The lowest BCUT2D eigenvalue weighted by atomic mass is 9.85. The van der Waals surface area contributed by atoms with E-state index in [1.807, 2.05) is 0 Å². The van der Waals surface area contributed by atoms with Gasteiger partial charge in [0.2, 0.25) is 0 Å². The summed E-state index contributed by atoms with van der Waals surface area (Å²) < 4.78 is 6.65. The van der Waals surface area contributed by atoms with Gasteiger partial charge in [0.15, 0.2) is 0 Å². The number of aryl methyl sites for hydroxylation is 1. The Morgan fingerprint density at radius 1 is 1.39 bits per heavy atom. The zero-order chi connectivity index (χ0) is 13.0. The highest BCUT2D eigenvalue weighted by Crippen LogP contribution is 2.33. The molecule has 0 saturated carbocycles. The number of rotatable bonds is 4. The maximum atomic E-state index is 5.48. The predicted molar refractivity (Wildman–Crippen MR) is 78.8 cm³/mol. The SMILES string of the molecule is CCNC(c1cc(Br)ccc1C)C1CCOCC1. The van der Waals surface area contributed by atoms with E-state index in [-0.39, 0.29) is 0 Å². The number of benzene rings is 1. The third-order valence-electron chi connectivity index (χ3n) is 3.74. The van der Waals surface area contributed by atoms with E-state index in [1.54, 1.807) is 0 Å². The van der Waals surface area contributed by atoms with Crippen LogP contribution in [0.2, 0.25) is 0 Å². The van der Waals surface area contributed by atoms with Crippen LogP contribution in [0.15, 0.2) is 22.7 Å². The van der Waals surface area contributed by atoms with Crippen LogP contribution in [0.25, 0.3) is 0 Å². The van der Waals surface area contributed by atoms with Crippen molar-refractivity contribution in [3.63, 3.8) is 0 Å². The van der Waals surface area contributed by atoms with E-state index in [0.29, 0.717) is 12.0 Å². The maximum Gasteiger partial charge on any atom is 0.0469 e. The van der Waals surface area contributed by atoms with Gasteiger partial charge in [-0.3, -0.25) is 0 Å². The molecule has 1 atom stereocenters.